The summed E-state index contributed by atoms with van der Waals surface area (Å²) >= 11 is 0. The lowest BCUT2D eigenvalue weighted by molar-refractivity contribution is -0.140. The van der Waals surface area contributed by atoms with Crippen LogP contribution in [0.3, 0.4) is 0 Å². The lowest BCUT2D eigenvalue weighted by Crippen LogP contribution is -2.04. The second-order valence-electron chi connectivity index (χ2n) is 9.02. The Kier molecular flexibility index (Phi) is 5.43. The molecule has 1 aliphatic carbocycles. The van der Waals surface area contributed by atoms with Crippen molar-refractivity contribution < 1.29 is 22.3 Å². The van der Waals surface area contributed by atoms with E-state index in [0.717, 1.165) is 35.9 Å². The van der Waals surface area contributed by atoms with Gasteiger partial charge < -0.3 is 13.7 Å². The molecule has 1 saturated carbocycles. The number of hydrogen-bond acceptors (Lipinski definition) is 7. The second kappa shape index (κ2) is 8.68. The van der Waals surface area contributed by atoms with E-state index in [1.807, 2.05) is 12.1 Å². The molecule has 0 radical (unpaired) electrons. The molecule has 8 nitrogen and oxygen atoms in total. The molecule has 4 aromatic heterocycles. The van der Waals surface area contributed by atoms with Gasteiger partial charge in [-0.1, -0.05) is 24.3 Å². The molecule has 0 saturated heterocycles. The minimum absolute atomic E-state index is 0.244. The van der Waals surface area contributed by atoms with Crippen molar-refractivity contribution in [1.82, 2.24) is 29.5 Å². The smallest absolute Gasteiger partial charge is 0.434 e. The van der Waals surface area contributed by atoms with Gasteiger partial charge >= 0.3 is 6.18 Å². The number of alkyl halides is 3. The number of hydrogen-bond donors (Lipinski definition) is 0. The summed E-state index contributed by atoms with van der Waals surface area (Å²) in [6, 6.07) is 7.22. The number of fused-ring (bicyclic) bond motifs is 1. The zero-order valence-electron chi connectivity index (χ0n) is 20.0. The zero-order chi connectivity index (χ0) is 25.7. The number of ether oxygens (including phenoxy) is 1. The quantitative estimate of drug-likeness (QED) is 0.297. The SMILES string of the molecule is COc1ncnc(C2CC2)c1-c1nc2cncc(Cc3ccc(-c4nc(C(F)(F)F)cn4C)cc3)c2o1. The molecule has 188 valence electrons. The molecule has 0 atom stereocenters. The Labute approximate surface area is 209 Å². The lowest BCUT2D eigenvalue weighted by Gasteiger charge is -2.08. The van der Waals surface area contributed by atoms with Crippen molar-refractivity contribution in [3.05, 3.63) is 71.7 Å². The summed E-state index contributed by atoms with van der Waals surface area (Å²) in [6.07, 6.45) is 3.93. The highest BCUT2D eigenvalue weighted by molar-refractivity contribution is 5.80. The van der Waals surface area contributed by atoms with E-state index in [1.54, 1.807) is 38.7 Å². The number of nitrogens with zero attached hydrogens (tertiary/aromatic N) is 6. The molecule has 4 heterocycles. The van der Waals surface area contributed by atoms with Gasteiger partial charge in [0.25, 0.3) is 0 Å². The molecule has 0 unspecified atom stereocenters. The van der Waals surface area contributed by atoms with Crippen LogP contribution in [0.1, 0.15) is 41.3 Å². The fraction of sp³-hybridized carbons (Fsp3) is 0.269. The summed E-state index contributed by atoms with van der Waals surface area (Å²) in [6.45, 7) is 0. The standard InChI is InChI=1S/C26H21F3N6O2/c1-35-12-19(26(27,28)29)34-23(35)16-5-3-14(4-6-16)9-17-10-30-11-18-22(17)37-25(33-18)20-21(15-7-8-15)31-13-32-24(20)36-2/h3-6,10-13,15H,7-9H2,1-2H3. The highest BCUT2D eigenvalue weighted by Gasteiger charge is 2.35. The van der Waals surface area contributed by atoms with E-state index in [-0.39, 0.29) is 5.82 Å². The van der Waals surface area contributed by atoms with Crippen LogP contribution in [0.15, 0.2) is 53.6 Å². The molecule has 0 aliphatic heterocycles. The van der Waals surface area contributed by atoms with E-state index in [1.165, 1.54) is 10.9 Å². The average molecular weight is 506 g/mol. The van der Waals surface area contributed by atoms with Gasteiger partial charge in [-0.25, -0.2) is 19.9 Å². The van der Waals surface area contributed by atoms with Crippen LogP contribution in [-0.4, -0.2) is 36.6 Å². The topological polar surface area (TPSA) is 91.8 Å². The van der Waals surface area contributed by atoms with Gasteiger partial charge in [0.1, 0.15) is 23.2 Å². The van der Waals surface area contributed by atoms with Gasteiger partial charge in [0.15, 0.2) is 11.3 Å². The molecule has 1 fully saturated rings. The number of rotatable bonds is 6. The van der Waals surface area contributed by atoms with Crippen LogP contribution in [0.5, 0.6) is 5.88 Å². The number of oxazole rings is 1. The fourth-order valence-electron chi connectivity index (χ4n) is 4.41. The summed E-state index contributed by atoms with van der Waals surface area (Å²) in [5.74, 6) is 1.38. The van der Waals surface area contributed by atoms with Crippen molar-refractivity contribution in [3.63, 3.8) is 0 Å². The predicted octanol–water partition coefficient (Wildman–Crippen LogP) is 5.58. The van der Waals surface area contributed by atoms with Crippen molar-refractivity contribution in [2.24, 2.45) is 7.05 Å². The molecule has 0 N–H and O–H groups in total. The van der Waals surface area contributed by atoms with Gasteiger partial charge in [0.2, 0.25) is 11.8 Å². The van der Waals surface area contributed by atoms with Gasteiger partial charge in [-0.2, -0.15) is 13.2 Å². The van der Waals surface area contributed by atoms with Gasteiger partial charge in [-0.15, -0.1) is 0 Å². The van der Waals surface area contributed by atoms with Gasteiger partial charge in [-0.05, 0) is 18.4 Å². The Morgan fingerprint density at radius 3 is 2.54 bits per heavy atom. The van der Waals surface area contributed by atoms with Crippen LogP contribution in [0.2, 0.25) is 0 Å². The van der Waals surface area contributed by atoms with Crippen LogP contribution < -0.4 is 4.74 Å². The van der Waals surface area contributed by atoms with Crippen molar-refractivity contribution in [3.8, 4) is 28.7 Å². The molecule has 6 rings (SSSR count). The molecular weight excluding hydrogens is 485 g/mol. The van der Waals surface area contributed by atoms with Crippen molar-refractivity contribution in [2.45, 2.75) is 31.4 Å². The predicted molar refractivity (Wildman–Crippen MR) is 128 cm³/mol. The van der Waals surface area contributed by atoms with E-state index in [9.17, 15) is 13.2 Å². The van der Waals surface area contributed by atoms with E-state index in [2.05, 4.69) is 24.9 Å². The Morgan fingerprint density at radius 1 is 1.08 bits per heavy atom. The second-order valence-corrected chi connectivity index (χ2v) is 9.02. The number of methoxy groups -OCH3 is 1. The number of halogens is 3. The maximum Gasteiger partial charge on any atom is 0.434 e. The number of aryl methyl sites for hydroxylation is 1. The number of aromatic nitrogens is 6. The van der Waals surface area contributed by atoms with Crippen molar-refractivity contribution in [1.29, 1.82) is 0 Å². The molecule has 0 bridgehead atoms. The lowest BCUT2D eigenvalue weighted by atomic mass is 10.0. The summed E-state index contributed by atoms with van der Waals surface area (Å²) < 4.78 is 52.2. The third-order valence-electron chi connectivity index (χ3n) is 6.36. The molecule has 37 heavy (non-hydrogen) atoms. The molecule has 11 heteroatoms. The maximum absolute atomic E-state index is 13.0. The molecule has 0 amide bonds. The fourth-order valence-corrected chi connectivity index (χ4v) is 4.41. The molecule has 1 aromatic carbocycles. The third-order valence-corrected chi connectivity index (χ3v) is 6.36. The summed E-state index contributed by atoms with van der Waals surface area (Å²) in [4.78, 5) is 21.4. The van der Waals surface area contributed by atoms with Crippen LogP contribution >= 0.6 is 0 Å². The average Bonchev–Trinajstić information content (AvgIpc) is 3.51. The van der Waals surface area contributed by atoms with E-state index in [0.29, 0.717) is 46.3 Å². The Hall–Kier alpha value is -4.28. The van der Waals surface area contributed by atoms with Crippen LogP contribution in [-0.2, 0) is 19.6 Å². The zero-order valence-corrected chi connectivity index (χ0v) is 20.0. The first-order chi connectivity index (χ1) is 17.8. The minimum atomic E-state index is -4.49. The molecule has 1 aliphatic rings. The van der Waals surface area contributed by atoms with E-state index in [4.69, 9.17) is 9.15 Å². The van der Waals surface area contributed by atoms with E-state index >= 15 is 0 Å². The highest BCUT2D eigenvalue weighted by Crippen LogP contribution is 2.45. The molecular formula is C26H21F3N6O2. The van der Waals surface area contributed by atoms with Crippen molar-refractivity contribution >= 4 is 11.1 Å². The minimum Gasteiger partial charge on any atom is -0.480 e. The number of imidazole rings is 1. The Balaban J connectivity index is 1.32. The van der Waals surface area contributed by atoms with Crippen LogP contribution in [0, 0.1) is 0 Å². The van der Waals surface area contributed by atoms with E-state index < -0.39 is 11.9 Å². The summed E-state index contributed by atoms with van der Waals surface area (Å²) in [5.41, 5.74) is 4.15. The third kappa shape index (κ3) is 4.30. The summed E-state index contributed by atoms with van der Waals surface area (Å²) in [5, 5.41) is 0. The van der Waals surface area contributed by atoms with Gasteiger partial charge in [0.05, 0.1) is 19.0 Å². The summed E-state index contributed by atoms with van der Waals surface area (Å²) in [7, 11) is 3.09. The normalized spacial score (nSPS) is 13.9. The monoisotopic (exact) mass is 506 g/mol. The van der Waals surface area contributed by atoms with Crippen LogP contribution in [0.25, 0.3) is 33.9 Å². The first-order valence-corrected chi connectivity index (χ1v) is 11.6. The molecule has 5 aromatic rings. The van der Waals surface area contributed by atoms with Gasteiger partial charge in [0, 0.05) is 42.9 Å². The number of benzene rings is 1. The molecule has 0 spiro atoms. The van der Waals surface area contributed by atoms with Crippen LogP contribution in [0.4, 0.5) is 13.2 Å². The maximum atomic E-state index is 13.0. The first-order valence-electron chi connectivity index (χ1n) is 11.6. The largest absolute Gasteiger partial charge is 0.480 e. The van der Waals surface area contributed by atoms with Gasteiger partial charge in [-0.3, -0.25) is 4.98 Å². The van der Waals surface area contributed by atoms with Crippen molar-refractivity contribution in [2.75, 3.05) is 7.11 Å². The highest BCUT2D eigenvalue weighted by atomic mass is 19.4. The Morgan fingerprint density at radius 2 is 1.86 bits per heavy atom. The first kappa shape index (κ1) is 23.1. The number of pyridine rings is 1. The Bertz CT molecular complexity index is 1600.